The Morgan fingerprint density at radius 1 is 1.47 bits per heavy atom. The number of carbonyl (C=O) groups excluding carboxylic acids is 1. The monoisotopic (exact) mass is 260 g/mol. The Balaban J connectivity index is 1.98. The molecule has 2 rings (SSSR count). The molecule has 1 amide bonds. The van der Waals surface area contributed by atoms with E-state index in [1.807, 2.05) is 0 Å². The largest absolute Gasteiger partial charge is 0.480 e. The van der Waals surface area contributed by atoms with E-state index >= 15 is 0 Å². The van der Waals surface area contributed by atoms with Crippen LogP contribution in [0, 0.1) is 0 Å². The van der Waals surface area contributed by atoms with Crippen LogP contribution in [0.25, 0.3) is 0 Å². The highest BCUT2D eigenvalue weighted by molar-refractivity contribution is 7.99. The van der Waals surface area contributed by atoms with Crippen LogP contribution in [0.2, 0.25) is 0 Å². The summed E-state index contributed by atoms with van der Waals surface area (Å²) >= 11 is 1.46. The highest BCUT2D eigenvalue weighted by Gasteiger charge is 2.40. The second kappa shape index (κ2) is 5.24. The molecule has 3 N–H and O–H groups in total. The van der Waals surface area contributed by atoms with Crippen LogP contribution in [-0.4, -0.2) is 58.3 Å². The summed E-state index contributed by atoms with van der Waals surface area (Å²) in [6.45, 7) is 0.404. The van der Waals surface area contributed by atoms with Crippen LogP contribution in [0.4, 0.5) is 0 Å². The molecule has 2 aliphatic rings. The van der Waals surface area contributed by atoms with Crippen LogP contribution in [0.5, 0.6) is 0 Å². The van der Waals surface area contributed by atoms with Crippen molar-refractivity contribution in [1.82, 2.24) is 4.90 Å². The van der Waals surface area contributed by atoms with Gasteiger partial charge in [0.25, 0.3) is 5.91 Å². The summed E-state index contributed by atoms with van der Waals surface area (Å²) in [5, 5.41) is 9.01. The summed E-state index contributed by atoms with van der Waals surface area (Å²) in [5.74, 6) is -0.271. The van der Waals surface area contributed by atoms with Crippen molar-refractivity contribution in [3.05, 3.63) is 0 Å². The fraction of sp³-hybridized carbons (Fsp3) is 0.800. The first-order valence-corrected chi connectivity index (χ1v) is 6.75. The van der Waals surface area contributed by atoms with Gasteiger partial charge in [0.05, 0.1) is 12.0 Å². The van der Waals surface area contributed by atoms with E-state index in [1.165, 1.54) is 16.7 Å². The van der Waals surface area contributed by atoms with Gasteiger partial charge in [0, 0.05) is 12.3 Å². The molecule has 0 aromatic carbocycles. The van der Waals surface area contributed by atoms with E-state index in [1.54, 1.807) is 0 Å². The summed E-state index contributed by atoms with van der Waals surface area (Å²) < 4.78 is 5.49. The molecule has 96 valence electrons. The van der Waals surface area contributed by atoms with Gasteiger partial charge in [-0.25, -0.2) is 4.79 Å². The Kier molecular flexibility index (Phi) is 3.90. The molecule has 2 heterocycles. The van der Waals surface area contributed by atoms with Crippen LogP contribution < -0.4 is 5.73 Å². The third-order valence-electron chi connectivity index (χ3n) is 3.10. The van der Waals surface area contributed by atoms with Crippen LogP contribution in [-0.2, 0) is 14.3 Å². The third kappa shape index (κ3) is 2.56. The minimum absolute atomic E-state index is 0.0671. The average Bonchev–Trinajstić information content (AvgIpc) is 2.97. The van der Waals surface area contributed by atoms with Crippen LogP contribution in [0.15, 0.2) is 0 Å². The molecule has 2 fully saturated rings. The number of rotatable bonds is 3. The average molecular weight is 260 g/mol. The second-order valence-electron chi connectivity index (χ2n) is 4.22. The molecule has 3 unspecified atom stereocenters. The zero-order chi connectivity index (χ0) is 12.4. The molecule has 6 nitrogen and oxygen atoms in total. The Labute approximate surface area is 103 Å². The number of nitrogens with two attached hydrogens (primary N) is 1. The van der Waals surface area contributed by atoms with Crippen molar-refractivity contribution in [3.63, 3.8) is 0 Å². The van der Waals surface area contributed by atoms with Gasteiger partial charge in [-0.2, -0.15) is 0 Å². The predicted molar refractivity (Wildman–Crippen MR) is 62.5 cm³/mol. The minimum Gasteiger partial charge on any atom is -0.480 e. The quantitative estimate of drug-likeness (QED) is 0.709. The van der Waals surface area contributed by atoms with Crippen LogP contribution in [0.3, 0.4) is 0 Å². The van der Waals surface area contributed by atoms with Gasteiger partial charge in [-0.3, -0.25) is 4.79 Å². The molecule has 0 spiro atoms. The van der Waals surface area contributed by atoms with Crippen molar-refractivity contribution in [1.29, 1.82) is 0 Å². The minimum atomic E-state index is -0.947. The van der Waals surface area contributed by atoms with E-state index in [0.717, 1.165) is 6.42 Å². The van der Waals surface area contributed by atoms with Gasteiger partial charge >= 0.3 is 5.97 Å². The van der Waals surface area contributed by atoms with Crippen molar-refractivity contribution in [3.8, 4) is 0 Å². The number of carboxylic acid groups (broad SMARTS) is 1. The second-order valence-corrected chi connectivity index (χ2v) is 5.22. The summed E-state index contributed by atoms with van der Waals surface area (Å²) in [6.07, 6.45) is 0.825. The highest BCUT2D eigenvalue weighted by Crippen LogP contribution is 2.26. The maximum Gasteiger partial charge on any atom is 0.327 e. The number of carboxylic acids is 1. The molecule has 0 aromatic rings. The van der Waals surface area contributed by atoms with Crippen molar-refractivity contribution in [2.24, 2.45) is 5.73 Å². The number of carbonyl (C=O) groups is 2. The van der Waals surface area contributed by atoms with Crippen LogP contribution >= 0.6 is 11.8 Å². The fourth-order valence-corrected chi connectivity index (χ4v) is 3.27. The molecule has 0 radical (unpaired) electrons. The number of hydrogen-bond acceptors (Lipinski definition) is 5. The van der Waals surface area contributed by atoms with Gasteiger partial charge < -0.3 is 20.5 Å². The first kappa shape index (κ1) is 12.7. The molecule has 3 atom stereocenters. The van der Waals surface area contributed by atoms with Gasteiger partial charge in [-0.15, -0.1) is 11.8 Å². The molecular weight excluding hydrogens is 244 g/mol. The van der Waals surface area contributed by atoms with Gasteiger partial charge in [0.15, 0.2) is 0 Å². The van der Waals surface area contributed by atoms with Gasteiger partial charge in [0.2, 0.25) is 0 Å². The molecule has 17 heavy (non-hydrogen) atoms. The third-order valence-corrected chi connectivity index (χ3v) is 4.11. The SMILES string of the molecule is NCC1CCC(C(=O)N2CSCC2C(=O)O)O1. The number of amides is 1. The lowest BCUT2D eigenvalue weighted by Gasteiger charge is -2.23. The first-order valence-electron chi connectivity index (χ1n) is 5.60. The molecular formula is C10H16N2O4S. The lowest BCUT2D eigenvalue weighted by atomic mass is 10.1. The zero-order valence-corrected chi connectivity index (χ0v) is 10.2. The van der Waals surface area contributed by atoms with Gasteiger partial charge in [0.1, 0.15) is 12.1 Å². The zero-order valence-electron chi connectivity index (χ0n) is 9.37. The Bertz CT molecular complexity index is 325. The Morgan fingerprint density at radius 3 is 2.82 bits per heavy atom. The predicted octanol–water partition coefficient (Wildman–Crippen LogP) is -0.521. The molecule has 0 saturated carbocycles. The summed E-state index contributed by atoms with van der Waals surface area (Å²) in [5.41, 5.74) is 5.48. The summed E-state index contributed by atoms with van der Waals surface area (Å²) in [4.78, 5) is 24.5. The van der Waals surface area contributed by atoms with Crippen molar-refractivity contribution in [2.45, 2.75) is 31.1 Å². The fourth-order valence-electron chi connectivity index (χ4n) is 2.11. The van der Waals surface area contributed by atoms with Gasteiger partial charge in [-0.05, 0) is 12.8 Å². The molecule has 0 bridgehead atoms. The highest BCUT2D eigenvalue weighted by atomic mass is 32.2. The maximum atomic E-state index is 12.1. The van der Waals surface area contributed by atoms with Crippen molar-refractivity contribution < 1.29 is 19.4 Å². The lowest BCUT2D eigenvalue weighted by molar-refractivity contribution is -0.152. The van der Waals surface area contributed by atoms with Crippen molar-refractivity contribution in [2.75, 3.05) is 18.2 Å². The Hall–Kier alpha value is -0.790. The molecule has 2 saturated heterocycles. The smallest absolute Gasteiger partial charge is 0.327 e. The maximum absolute atomic E-state index is 12.1. The molecule has 0 aliphatic carbocycles. The number of nitrogens with zero attached hydrogens (tertiary/aromatic N) is 1. The molecule has 7 heteroatoms. The molecule has 2 aliphatic heterocycles. The summed E-state index contributed by atoms with van der Waals surface area (Å²) in [7, 11) is 0. The topological polar surface area (TPSA) is 92.9 Å². The Morgan fingerprint density at radius 2 is 2.24 bits per heavy atom. The van der Waals surface area contributed by atoms with Crippen LogP contribution in [0.1, 0.15) is 12.8 Å². The lowest BCUT2D eigenvalue weighted by Crippen LogP contribution is -2.46. The first-order chi connectivity index (χ1) is 8.13. The van der Waals surface area contributed by atoms with Crippen molar-refractivity contribution >= 4 is 23.6 Å². The van der Waals surface area contributed by atoms with Gasteiger partial charge in [-0.1, -0.05) is 0 Å². The summed E-state index contributed by atoms with van der Waals surface area (Å²) in [6, 6.07) is -0.715. The number of aliphatic carboxylic acids is 1. The number of hydrogen-bond donors (Lipinski definition) is 2. The van der Waals surface area contributed by atoms with E-state index < -0.39 is 18.1 Å². The van der Waals surface area contributed by atoms with E-state index in [2.05, 4.69) is 0 Å². The van der Waals surface area contributed by atoms with E-state index in [-0.39, 0.29) is 12.0 Å². The standard InChI is InChI=1S/C10H16N2O4S/c11-3-6-1-2-8(16-6)9(13)12-5-17-4-7(12)10(14)15/h6-8H,1-5,11H2,(H,14,15). The number of ether oxygens (including phenoxy) is 1. The van der Waals surface area contributed by atoms with E-state index in [0.29, 0.717) is 24.6 Å². The molecule has 0 aromatic heterocycles. The number of thioether (sulfide) groups is 1. The normalized spacial score (nSPS) is 33.0. The van der Waals surface area contributed by atoms with E-state index in [9.17, 15) is 9.59 Å². The van der Waals surface area contributed by atoms with E-state index in [4.69, 9.17) is 15.6 Å².